The zero-order valence-corrected chi connectivity index (χ0v) is 19.1. The number of likely N-dealkylation sites (tertiary alicyclic amines) is 1. The van der Waals surface area contributed by atoms with Gasteiger partial charge in [0.05, 0.1) is 42.0 Å². The lowest BCUT2D eigenvalue weighted by Gasteiger charge is -2.38. The summed E-state index contributed by atoms with van der Waals surface area (Å²) in [7, 11) is 1.40. The number of allylic oxidation sites excluding steroid dienone is 2. The largest absolute Gasteiger partial charge is 0.495 e. The highest BCUT2D eigenvalue weighted by Crippen LogP contribution is 2.51. The molecule has 0 aromatic heterocycles. The van der Waals surface area contributed by atoms with Crippen LogP contribution in [0.15, 0.2) is 60.7 Å². The van der Waals surface area contributed by atoms with Crippen molar-refractivity contribution in [3.8, 4) is 5.75 Å². The van der Waals surface area contributed by atoms with Gasteiger partial charge >= 0.3 is 0 Å². The summed E-state index contributed by atoms with van der Waals surface area (Å²) in [6.07, 6.45) is 5.71. The van der Waals surface area contributed by atoms with Crippen molar-refractivity contribution in [1.82, 2.24) is 4.90 Å². The number of carbonyl (C=O) groups excluding carboxylic acids is 3. The van der Waals surface area contributed by atoms with E-state index < -0.39 is 16.9 Å². The van der Waals surface area contributed by atoms with Crippen LogP contribution in [0.2, 0.25) is 0 Å². The van der Waals surface area contributed by atoms with E-state index in [1.807, 2.05) is 6.07 Å². The van der Waals surface area contributed by atoms with Crippen molar-refractivity contribution in [3.63, 3.8) is 0 Å². The van der Waals surface area contributed by atoms with Crippen LogP contribution < -0.4 is 10.1 Å². The molecule has 3 amide bonds. The van der Waals surface area contributed by atoms with Crippen molar-refractivity contribution >= 4 is 29.1 Å². The number of hydrogen-bond donors (Lipinski definition) is 1. The van der Waals surface area contributed by atoms with Crippen molar-refractivity contribution in [2.45, 2.75) is 25.3 Å². The third kappa shape index (κ3) is 3.96. The Bertz CT molecular complexity index is 1190. The predicted octanol–water partition coefficient (Wildman–Crippen LogP) is 3.87. The maximum Gasteiger partial charge on any atom is 0.271 e. The van der Waals surface area contributed by atoms with Crippen LogP contribution in [0.1, 0.15) is 30.9 Å². The number of methoxy groups -OCH3 is 1. The molecule has 2 fully saturated rings. The van der Waals surface area contributed by atoms with Gasteiger partial charge in [-0.25, -0.2) is 0 Å². The highest BCUT2D eigenvalue weighted by molar-refractivity contribution is 6.07. The van der Waals surface area contributed by atoms with Gasteiger partial charge in [0.1, 0.15) is 5.75 Å². The van der Waals surface area contributed by atoms with Gasteiger partial charge < -0.3 is 10.1 Å². The van der Waals surface area contributed by atoms with Crippen molar-refractivity contribution in [3.05, 3.63) is 76.4 Å². The second kappa shape index (κ2) is 8.98. The Balaban J connectivity index is 1.44. The normalized spacial score (nSPS) is 25.3. The second-order valence-corrected chi connectivity index (χ2v) is 9.21. The Kier molecular flexibility index (Phi) is 5.84. The average Bonchev–Trinajstić information content (AvgIpc) is 3.15. The number of nitrogens with one attached hydrogen (secondary N) is 1. The SMILES string of the molecule is COc1ccc([N+](=O)[O-])cc1NC(=O)CC(c1ccccc1)N1C(=O)C2C3C=CC(CC3)C2C1=O. The molecule has 2 bridgehead atoms. The van der Waals surface area contributed by atoms with Gasteiger partial charge in [0.2, 0.25) is 17.7 Å². The fourth-order valence-corrected chi connectivity index (χ4v) is 5.72. The first-order chi connectivity index (χ1) is 16.9. The summed E-state index contributed by atoms with van der Waals surface area (Å²) in [5.41, 5.74) is 0.625. The van der Waals surface area contributed by atoms with Crippen LogP contribution in [0.25, 0.3) is 0 Å². The minimum atomic E-state index is -0.786. The fourth-order valence-electron chi connectivity index (χ4n) is 5.72. The summed E-state index contributed by atoms with van der Waals surface area (Å²) in [6.45, 7) is 0. The molecule has 9 nitrogen and oxygen atoms in total. The van der Waals surface area contributed by atoms with Gasteiger partial charge in [0.25, 0.3) is 5.69 Å². The molecule has 5 atom stereocenters. The number of rotatable bonds is 7. The first kappa shape index (κ1) is 22.8. The molecule has 35 heavy (non-hydrogen) atoms. The van der Waals surface area contributed by atoms with Gasteiger partial charge in [-0.1, -0.05) is 42.5 Å². The fraction of sp³-hybridized carbons (Fsp3) is 0.346. The van der Waals surface area contributed by atoms with Crippen molar-refractivity contribution < 1.29 is 24.0 Å². The number of hydrogen-bond acceptors (Lipinski definition) is 6. The minimum absolute atomic E-state index is 0.0471. The molecule has 4 aliphatic rings. The standard InChI is InChI=1S/C26H25N3O6/c1-35-21-12-11-18(29(33)34)13-19(21)27-22(30)14-20(15-5-3-2-4-6-15)28-25(31)23-16-7-8-17(10-9-16)24(23)26(28)32/h2-8,11-13,16-17,20,23-24H,9-10,14H2,1H3,(H,27,30). The Morgan fingerprint density at radius 1 is 1.09 bits per heavy atom. The third-order valence-electron chi connectivity index (χ3n) is 7.34. The van der Waals surface area contributed by atoms with Crippen LogP contribution in [-0.4, -0.2) is 34.7 Å². The highest BCUT2D eigenvalue weighted by Gasteiger charge is 2.58. The molecule has 1 N–H and O–H groups in total. The lowest BCUT2D eigenvalue weighted by Crippen LogP contribution is -2.38. The molecule has 5 unspecified atom stereocenters. The molecule has 0 spiro atoms. The number of amides is 3. The van der Waals surface area contributed by atoms with Crippen LogP contribution in [0.3, 0.4) is 0 Å². The Hall–Kier alpha value is -4.01. The summed E-state index contributed by atoms with van der Waals surface area (Å²) < 4.78 is 5.24. The summed E-state index contributed by atoms with van der Waals surface area (Å²) in [5.74, 6) is -1.34. The average molecular weight is 476 g/mol. The Labute approximate surface area is 201 Å². The molecule has 2 aromatic carbocycles. The van der Waals surface area contributed by atoms with E-state index in [9.17, 15) is 24.5 Å². The second-order valence-electron chi connectivity index (χ2n) is 9.21. The van der Waals surface area contributed by atoms with Crippen molar-refractivity contribution in [2.24, 2.45) is 23.7 Å². The lowest BCUT2D eigenvalue weighted by molar-refractivity contribution is -0.384. The van der Waals surface area contributed by atoms with Crippen LogP contribution >= 0.6 is 0 Å². The number of nitro groups is 1. The van der Waals surface area contributed by atoms with Gasteiger partial charge in [-0.15, -0.1) is 0 Å². The zero-order chi connectivity index (χ0) is 24.7. The molecule has 9 heteroatoms. The van der Waals surface area contributed by atoms with Gasteiger partial charge in [-0.05, 0) is 36.3 Å². The Morgan fingerprint density at radius 3 is 2.26 bits per heavy atom. The number of imide groups is 1. The lowest BCUT2D eigenvalue weighted by atomic mass is 9.63. The molecule has 0 radical (unpaired) electrons. The molecule has 3 aliphatic carbocycles. The molecule has 1 saturated heterocycles. The first-order valence-electron chi connectivity index (χ1n) is 11.6. The number of nitro benzene ring substituents is 1. The summed E-state index contributed by atoms with van der Waals surface area (Å²) in [4.78, 5) is 52.2. The quantitative estimate of drug-likeness (QED) is 0.281. The third-order valence-corrected chi connectivity index (χ3v) is 7.34. The molecule has 1 aliphatic heterocycles. The number of fused-ring (bicyclic) bond motifs is 1. The Morgan fingerprint density at radius 2 is 1.71 bits per heavy atom. The van der Waals surface area contributed by atoms with E-state index in [0.717, 1.165) is 12.8 Å². The summed E-state index contributed by atoms with van der Waals surface area (Å²) in [6, 6.07) is 12.1. The maximum atomic E-state index is 13.6. The monoisotopic (exact) mass is 475 g/mol. The minimum Gasteiger partial charge on any atom is -0.495 e. The van der Waals surface area contributed by atoms with Crippen LogP contribution in [0.4, 0.5) is 11.4 Å². The van der Waals surface area contributed by atoms with E-state index in [-0.39, 0.29) is 59.0 Å². The smallest absolute Gasteiger partial charge is 0.271 e. The van der Waals surface area contributed by atoms with Gasteiger partial charge in [0.15, 0.2) is 0 Å². The molecule has 180 valence electrons. The van der Waals surface area contributed by atoms with E-state index >= 15 is 0 Å². The number of carbonyl (C=O) groups is 3. The van der Waals surface area contributed by atoms with Crippen LogP contribution in [-0.2, 0) is 14.4 Å². The van der Waals surface area contributed by atoms with Crippen LogP contribution in [0.5, 0.6) is 5.75 Å². The number of ether oxygens (including phenoxy) is 1. The van der Waals surface area contributed by atoms with E-state index in [1.165, 1.54) is 30.2 Å². The maximum absolute atomic E-state index is 13.6. The zero-order valence-electron chi connectivity index (χ0n) is 19.1. The van der Waals surface area contributed by atoms with Gasteiger partial charge in [-0.3, -0.25) is 29.4 Å². The first-order valence-corrected chi connectivity index (χ1v) is 11.6. The van der Waals surface area contributed by atoms with E-state index in [2.05, 4.69) is 17.5 Å². The van der Waals surface area contributed by atoms with Crippen LogP contribution in [0, 0.1) is 33.8 Å². The summed E-state index contributed by atoms with van der Waals surface area (Å²) >= 11 is 0. The predicted molar refractivity (Wildman–Crippen MR) is 126 cm³/mol. The molecule has 1 heterocycles. The van der Waals surface area contributed by atoms with Crippen molar-refractivity contribution in [2.75, 3.05) is 12.4 Å². The van der Waals surface area contributed by atoms with Crippen molar-refractivity contribution in [1.29, 1.82) is 0 Å². The molecular formula is C26H25N3O6. The molecule has 1 saturated carbocycles. The number of benzene rings is 2. The topological polar surface area (TPSA) is 119 Å². The number of anilines is 1. The van der Waals surface area contributed by atoms with Gasteiger partial charge in [-0.2, -0.15) is 0 Å². The molecule has 2 aromatic rings. The van der Waals surface area contributed by atoms with Gasteiger partial charge in [0, 0.05) is 12.1 Å². The number of nitrogens with zero attached hydrogens (tertiary/aromatic N) is 2. The van der Waals surface area contributed by atoms with E-state index in [0.29, 0.717) is 5.56 Å². The van der Waals surface area contributed by atoms with E-state index in [4.69, 9.17) is 4.74 Å². The molecule has 6 rings (SSSR count). The highest BCUT2D eigenvalue weighted by atomic mass is 16.6. The molecular weight excluding hydrogens is 450 g/mol. The van der Waals surface area contributed by atoms with E-state index in [1.54, 1.807) is 24.3 Å². The number of non-ortho nitro benzene ring substituents is 1. The summed E-state index contributed by atoms with van der Waals surface area (Å²) in [5, 5.41) is 13.9.